The van der Waals surface area contributed by atoms with Gasteiger partial charge in [-0.25, -0.2) is 4.79 Å². The van der Waals surface area contributed by atoms with Crippen LogP contribution in [0.5, 0.6) is 11.5 Å². The van der Waals surface area contributed by atoms with Crippen LogP contribution in [0.25, 0.3) is 0 Å². The lowest BCUT2D eigenvalue weighted by molar-refractivity contribution is 0.0295. The van der Waals surface area contributed by atoms with Gasteiger partial charge in [-0.15, -0.1) is 0 Å². The molecule has 0 radical (unpaired) electrons. The summed E-state index contributed by atoms with van der Waals surface area (Å²) in [6, 6.07) is 6.36. The summed E-state index contributed by atoms with van der Waals surface area (Å²) in [4.78, 5) is 14.2. The van der Waals surface area contributed by atoms with E-state index in [4.69, 9.17) is 25.8 Å². The van der Waals surface area contributed by atoms with Gasteiger partial charge in [0.05, 0.1) is 6.61 Å². The van der Waals surface area contributed by atoms with Crippen LogP contribution in [-0.4, -0.2) is 41.4 Å². The average Bonchev–Trinajstić information content (AvgIpc) is 2.85. The van der Waals surface area contributed by atoms with Crippen LogP contribution in [0.3, 0.4) is 0 Å². The normalized spacial score (nSPS) is 25.7. The van der Waals surface area contributed by atoms with Crippen LogP contribution >= 0.6 is 11.6 Å². The highest BCUT2D eigenvalue weighted by atomic mass is 35.5. The Hall–Kier alpha value is -1.62. The van der Waals surface area contributed by atoms with Crippen molar-refractivity contribution in [3.05, 3.63) is 23.8 Å². The molecule has 4 atom stereocenters. The van der Waals surface area contributed by atoms with E-state index in [9.17, 15) is 4.79 Å². The number of fused-ring (bicyclic) bond motifs is 2. The standard InChI is InChI=1S/C20H28ClNO4/c1-4-9-24-19-10-13(2)5-8-18(19)26-17-11-15-6-7-16(12-17)22(15)20(23)25-14(3)21/h5,8,10,14-17H,4,6-7,9,11-12H2,1-3H3/t14?,15-,16+,17?. The van der Waals surface area contributed by atoms with Gasteiger partial charge in [-0.05, 0) is 50.8 Å². The molecule has 6 heteroatoms. The molecule has 0 aromatic heterocycles. The second-order valence-electron chi connectivity index (χ2n) is 7.23. The summed E-state index contributed by atoms with van der Waals surface area (Å²) in [7, 11) is 0. The number of benzene rings is 1. The van der Waals surface area contributed by atoms with Crippen molar-refractivity contribution in [3.63, 3.8) is 0 Å². The molecule has 2 bridgehead atoms. The highest BCUT2D eigenvalue weighted by molar-refractivity contribution is 6.19. The highest BCUT2D eigenvalue weighted by Crippen LogP contribution is 2.39. The topological polar surface area (TPSA) is 48.0 Å². The molecule has 1 amide bonds. The summed E-state index contributed by atoms with van der Waals surface area (Å²) in [5.41, 5.74) is 0.540. The van der Waals surface area contributed by atoms with Crippen molar-refractivity contribution >= 4 is 17.7 Å². The number of alkyl halides is 1. The van der Waals surface area contributed by atoms with Gasteiger partial charge in [-0.3, -0.25) is 0 Å². The molecule has 2 fully saturated rings. The smallest absolute Gasteiger partial charge is 0.411 e. The van der Waals surface area contributed by atoms with Crippen LogP contribution in [-0.2, 0) is 4.74 Å². The summed E-state index contributed by atoms with van der Waals surface area (Å²) >= 11 is 5.81. The van der Waals surface area contributed by atoms with Crippen LogP contribution in [0.1, 0.15) is 51.5 Å². The number of nitrogens with zero attached hydrogens (tertiary/aromatic N) is 1. The van der Waals surface area contributed by atoms with Crippen molar-refractivity contribution in [1.29, 1.82) is 0 Å². The van der Waals surface area contributed by atoms with Crippen LogP contribution in [0.15, 0.2) is 18.2 Å². The molecule has 0 spiro atoms. The van der Waals surface area contributed by atoms with Gasteiger partial charge < -0.3 is 19.1 Å². The van der Waals surface area contributed by atoms with Gasteiger partial charge in [0.1, 0.15) is 6.10 Å². The van der Waals surface area contributed by atoms with Crippen LogP contribution in [0.4, 0.5) is 4.79 Å². The predicted octanol–water partition coefficient (Wildman–Crippen LogP) is 4.88. The maximum Gasteiger partial charge on any atom is 0.411 e. The Morgan fingerprint density at radius 2 is 1.96 bits per heavy atom. The Labute approximate surface area is 160 Å². The second kappa shape index (κ2) is 8.38. The van der Waals surface area contributed by atoms with Crippen molar-refractivity contribution < 1.29 is 19.0 Å². The molecule has 2 aliphatic rings. The monoisotopic (exact) mass is 381 g/mol. The third kappa shape index (κ3) is 4.37. The number of amides is 1. The molecule has 2 aliphatic heterocycles. The van der Waals surface area contributed by atoms with Crippen molar-refractivity contribution in [2.75, 3.05) is 6.61 Å². The second-order valence-corrected chi connectivity index (χ2v) is 7.84. The van der Waals surface area contributed by atoms with E-state index in [1.807, 2.05) is 30.0 Å². The zero-order valence-electron chi connectivity index (χ0n) is 15.7. The van der Waals surface area contributed by atoms with Gasteiger partial charge in [-0.1, -0.05) is 24.6 Å². The quantitative estimate of drug-likeness (QED) is 0.659. The molecule has 2 heterocycles. The summed E-state index contributed by atoms with van der Waals surface area (Å²) in [6.07, 6.45) is 4.33. The molecule has 3 rings (SSSR count). The van der Waals surface area contributed by atoms with Gasteiger partial charge >= 0.3 is 6.09 Å². The van der Waals surface area contributed by atoms with E-state index in [0.717, 1.165) is 49.2 Å². The molecule has 0 aliphatic carbocycles. The van der Waals surface area contributed by atoms with E-state index in [1.165, 1.54) is 0 Å². The first kappa shape index (κ1) is 19.2. The van der Waals surface area contributed by atoms with E-state index >= 15 is 0 Å². The lowest BCUT2D eigenvalue weighted by Crippen LogP contribution is -2.49. The van der Waals surface area contributed by atoms with Crippen molar-refractivity contribution in [2.24, 2.45) is 0 Å². The number of carbonyl (C=O) groups is 1. The number of hydrogen-bond acceptors (Lipinski definition) is 4. The third-order valence-corrected chi connectivity index (χ3v) is 5.11. The lowest BCUT2D eigenvalue weighted by Gasteiger charge is -2.38. The highest BCUT2D eigenvalue weighted by Gasteiger charge is 2.45. The summed E-state index contributed by atoms with van der Waals surface area (Å²) in [5.74, 6) is 1.59. The first-order valence-electron chi connectivity index (χ1n) is 9.51. The number of aryl methyl sites for hydroxylation is 1. The minimum atomic E-state index is -0.610. The first-order chi connectivity index (χ1) is 12.5. The zero-order chi connectivity index (χ0) is 18.7. The molecular formula is C20H28ClNO4. The molecule has 1 aromatic rings. The number of halogens is 1. The van der Waals surface area contributed by atoms with E-state index in [-0.39, 0.29) is 24.3 Å². The molecule has 0 N–H and O–H groups in total. The maximum absolute atomic E-state index is 12.3. The molecule has 2 unspecified atom stereocenters. The Bertz CT molecular complexity index is 622. The average molecular weight is 382 g/mol. The van der Waals surface area contributed by atoms with Crippen molar-refractivity contribution in [2.45, 2.75) is 76.6 Å². The Morgan fingerprint density at radius 1 is 1.27 bits per heavy atom. The van der Waals surface area contributed by atoms with Crippen LogP contribution in [0, 0.1) is 6.92 Å². The zero-order valence-corrected chi connectivity index (χ0v) is 16.5. The summed E-state index contributed by atoms with van der Waals surface area (Å²) in [5, 5.41) is 0. The fourth-order valence-electron chi connectivity index (χ4n) is 3.94. The van der Waals surface area contributed by atoms with Crippen LogP contribution < -0.4 is 9.47 Å². The fraction of sp³-hybridized carbons (Fsp3) is 0.650. The Balaban J connectivity index is 1.66. The van der Waals surface area contributed by atoms with Gasteiger partial charge in [-0.2, -0.15) is 0 Å². The maximum atomic E-state index is 12.3. The van der Waals surface area contributed by atoms with Gasteiger partial charge in [0, 0.05) is 24.9 Å². The SMILES string of the molecule is CCCOc1cc(C)ccc1OC1C[C@H]2CC[C@@H](C1)N2C(=O)OC(C)Cl. The van der Waals surface area contributed by atoms with E-state index < -0.39 is 5.56 Å². The number of ether oxygens (including phenoxy) is 3. The predicted molar refractivity (Wildman–Crippen MR) is 101 cm³/mol. The third-order valence-electron chi connectivity index (χ3n) is 5.02. The first-order valence-corrected chi connectivity index (χ1v) is 9.94. The molecule has 5 nitrogen and oxygen atoms in total. The summed E-state index contributed by atoms with van der Waals surface area (Å²) in [6.45, 7) is 6.47. The molecule has 144 valence electrons. The van der Waals surface area contributed by atoms with Gasteiger partial charge in [0.2, 0.25) is 0 Å². The minimum absolute atomic E-state index is 0.0802. The number of rotatable bonds is 6. The lowest BCUT2D eigenvalue weighted by atomic mass is 10.00. The van der Waals surface area contributed by atoms with Crippen LogP contribution in [0.2, 0.25) is 0 Å². The molecular weight excluding hydrogens is 354 g/mol. The van der Waals surface area contributed by atoms with E-state index in [1.54, 1.807) is 6.92 Å². The fourth-order valence-corrected chi connectivity index (χ4v) is 4.01. The Kier molecular flexibility index (Phi) is 6.17. The number of carbonyl (C=O) groups excluding carboxylic acids is 1. The van der Waals surface area contributed by atoms with Crippen molar-refractivity contribution in [3.8, 4) is 11.5 Å². The van der Waals surface area contributed by atoms with E-state index in [2.05, 4.69) is 6.92 Å². The van der Waals surface area contributed by atoms with E-state index in [0.29, 0.717) is 6.61 Å². The van der Waals surface area contributed by atoms with Gasteiger partial charge in [0.15, 0.2) is 17.1 Å². The molecule has 0 saturated carbocycles. The summed E-state index contributed by atoms with van der Waals surface area (Å²) < 4.78 is 17.3. The van der Waals surface area contributed by atoms with Crippen molar-refractivity contribution in [1.82, 2.24) is 4.90 Å². The molecule has 2 saturated heterocycles. The number of hydrogen-bond donors (Lipinski definition) is 0. The number of piperidine rings is 1. The minimum Gasteiger partial charge on any atom is -0.490 e. The largest absolute Gasteiger partial charge is 0.490 e. The molecule has 26 heavy (non-hydrogen) atoms. The molecule has 1 aromatic carbocycles. The van der Waals surface area contributed by atoms with Gasteiger partial charge in [0.25, 0.3) is 0 Å². The Morgan fingerprint density at radius 3 is 2.58 bits per heavy atom.